The lowest BCUT2D eigenvalue weighted by atomic mass is 10.0. The first-order valence-electron chi connectivity index (χ1n) is 5.72. The summed E-state index contributed by atoms with van der Waals surface area (Å²) in [5.74, 6) is -2.40. The molecule has 0 aliphatic carbocycles. The number of phenols is 2. The second-order valence-corrected chi connectivity index (χ2v) is 4.16. The van der Waals surface area contributed by atoms with Gasteiger partial charge in [0.15, 0.2) is 0 Å². The van der Waals surface area contributed by atoms with Crippen molar-refractivity contribution < 1.29 is 30.0 Å². The molecule has 7 heteroatoms. The summed E-state index contributed by atoms with van der Waals surface area (Å²) in [6.07, 6.45) is 0.284. The zero-order valence-electron chi connectivity index (χ0n) is 10.6. The van der Waals surface area contributed by atoms with Crippen LogP contribution in [0.3, 0.4) is 0 Å². The molecule has 0 saturated heterocycles. The number of phenolic OH excluding ortho intramolecular Hbond substituents is 2. The van der Waals surface area contributed by atoms with Crippen LogP contribution in [-0.2, 0) is 9.59 Å². The van der Waals surface area contributed by atoms with Gasteiger partial charge in [0.2, 0.25) is 5.91 Å². The average molecular weight is 281 g/mol. The highest BCUT2D eigenvalue weighted by Crippen LogP contribution is 2.29. The van der Waals surface area contributed by atoms with Crippen LogP contribution in [0, 0.1) is 0 Å². The van der Waals surface area contributed by atoms with Gasteiger partial charge in [0.05, 0.1) is 6.04 Å². The number of hydrogen-bond donors (Lipinski definition) is 5. The largest absolute Gasteiger partial charge is 0.508 e. The Bertz CT molecular complexity index is 540. The molecule has 5 N–H and O–H groups in total. The first-order chi connectivity index (χ1) is 9.31. The highest BCUT2D eigenvalue weighted by molar-refractivity contribution is 5.94. The summed E-state index contributed by atoms with van der Waals surface area (Å²) < 4.78 is 0. The second-order valence-electron chi connectivity index (χ2n) is 4.16. The molecule has 0 fully saturated rings. The lowest BCUT2D eigenvalue weighted by Gasteiger charge is -2.20. The molecule has 1 amide bonds. The minimum absolute atomic E-state index is 0.137. The third kappa shape index (κ3) is 4.29. The molecule has 0 aromatic heterocycles. The van der Waals surface area contributed by atoms with Crippen molar-refractivity contribution in [1.29, 1.82) is 0 Å². The Morgan fingerprint density at radius 3 is 2.45 bits per heavy atom. The van der Waals surface area contributed by atoms with E-state index in [0.29, 0.717) is 6.08 Å². The Hall–Kier alpha value is -2.54. The van der Waals surface area contributed by atoms with E-state index in [4.69, 9.17) is 10.2 Å². The van der Waals surface area contributed by atoms with Gasteiger partial charge in [0, 0.05) is 23.8 Å². The SMILES string of the molecule is CC(NC(=O)C=CC(=O)O)C(O)c1ccc(O)cc1O. The first-order valence-corrected chi connectivity index (χ1v) is 5.72. The number of nitrogens with one attached hydrogen (secondary N) is 1. The van der Waals surface area contributed by atoms with E-state index < -0.39 is 24.0 Å². The molecule has 2 atom stereocenters. The molecule has 1 rings (SSSR count). The van der Waals surface area contributed by atoms with E-state index in [9.17, 15) is 19.8 Å². The standard InChI is InChI=1S/C13H15NO6/c1-7(14-11(17)4-5-12(18)19)13(20)9-3-2-8(15)6-10(9)16/h2-7,13,15-16,20H,1H3,(H,14,17)(H,18,19). The van der Waals surface area contributed by atoms with Crippen molar-refractivity contribution in [3.8, 4) is 11.5 Å². The number of rotatable bonds is 5. The highest BCUT2D eigenvalue weighted by atomic mass is 16.4. The first kappa shape index (κ1) is 15.5. The molecule has 0 spiro atoms. The number of aliphatic hydroxyl groups is 1. The van der Waals surface area contributed by atoms with Crippen LogP contribution in [-0.4, -0.2) is 38.3 Å². The van der Waals surface area contributed by atoms with Gasteiger partial charge in [-0.05, 0) is 19.1 Å². The number of benzene rings is 1. The number of carbonyl (C=O) groups excluding carboxylic acids is 1. The van der Waals surface area contributed by atoms with Gasteiger partial charge in [0.25, 0.3) is 0 Å². The smallest absolute Gasteiger partial charge is 0.328 e. The molecular weight excluding hydrogens is 266 g/mol. The summed E-state index contributed by atoms with van der Waals surface area (Å²) in [5.41, 5.74) is 0.137. The molecule has 0 aliphatic heterocycles. The highest BCUT2D eigenvalue weighted by Gasteiger charge is 2.20. The van der Waals surface area contributed by atoms with E-state index in [2.05, 4.69) is 5.32 Å². The van der Waals surface area contributed by atoms with E-state index in [1.54, 1.807) is 0 Å². The molecule has 0 aliphatic rings. The summed E-state index contributed by atoms with van der Waals surface area (Å²) >= 11 is 0. The summed E-state index contributed by atoms with van der Waals surface area (Å²) in [4.78, 5) is 21.6. The third-order valence-electron chi connectivity index (χ3n) is 2.55. The number of aliphatic carboxylic acids is 1. The fraction of sp³-hybridized carbons (Fsp3) is 0.231. The number of amides is 1. The topological polar surface area (TPSA) is 127 Å². The minimum Gasteiger partial charge on any atom is -0.508 e. The van der Waals surface area contributed by atoms with Crippen LogP contribution in [0.15, 0.2) is 30.4 Å². The maximum Gasteiger partial charge on any atom is 0.328 e. The molecule has 20 heavy (non-hydrogen) atoms. The Labute approximate surface area is 114 Å². The van der Waals surface area contributed by atoms with E-state index in [1.165, 1.54) is 19.1 Å². The number of hydrogen-bond acceptors (Lipinski definition) is 5. The minimum atomic E-state index is -1.26. The van der Waals surface area contributed by atoms with Gasteiger partial charge in [-0.15, -0.1) is 0 Å². The molecule has 1 aromatic rings. The molecule has 0 heterocycles. The van der Waals surface area contributed by atoms with Crippen LogP contribution in [0.2, 0.25) is 0 Å². The quantitative estimate of drug-likeness (QED) is 0.493. The monoisotopic (exact) mass is 281 g/mol. The molecule has 7 nitrogen and oxygen atoms in total. The Kier molecular flexibility index (Phi) is 5.10. The molecule has 2 unspecified atom stereocenters. The van der Waals surface area contributed by atoms with Crippen LogP contribution in [0.25, 0.3) is 0 Å². The summed E-state index contributed by atoms with van der Waals surface area (Å²) in [5, 5.41) is 39.5. The molecule has 0 radical (unpaired) electrons. The molecule has 1 aromatic carbocycles. The Morgan fingerprint density at radius 2 is 1.90 bits per heavy atom. The van der Waals surface area contributed by atoms with Gasteiger partial charge in [-0.25, -0.2) is 4.79 Å². The van der Waals surface area contributed by atoms with E-state index in [-0.39, 0.29) is 17.1 Å². The van der Waals surface area contributed by atoms with Crippen molar-refractivity contribution in [3.05, 3.63) is 35.9 Å². The van der Waals surface area contributed by atoms with Crippen LogP contribution in [0.1, 0.15) is 18.6 Å². The summed E-state index contributed by atoms with van der Waals surface area (Å²) in [6.45, 7) is 1.49. The van der Waals surface area contributed by atoms with Gasteiger partial charge in [-0.1, -0.05) is 0 Å². The van der Waals surface area contributed by atoms with Crippen LogP contribution >= 0.6 is 0 Å². The number of carboxylic acid groups (broad SMARTS) is 1. The van der Waals surface area contributed by atoms with E-state index in [1.807, 2.05) is 0 Å². The van der Waals surface area contributed by atoms with Crippen molar-refractivity contribution in [1.82, 2.24) is 5.32 Å². The van der Waals surface area contributed by atoms with Crippen LogP contribution < -0.4 is 5.32 Å². The fourth-order valence-electron chi connectivity index (χ4n) is 1.55. The van der Waals surface area contributed by atoms with Gasteiger partial charge in [0.1, 0.15) is 17.6 Å². The van der Waals surface area contributed by atoms with Crippen LogP contribution in [0.4, 0.5) is 0 Å². The average Bonchev–Trinajstić information content (AvgIpc) is 2.35. The zero-order valence-corrected chi connectivity index (χ0v) is 10.6. The third-order valence-corrected chi connectivity index (χ3v) is 2.55. The number of carbonyl (C=O) groups is 2. The zero-order chi connectivity index (χ0) is 15.3. The van der Waals surface area contributed by atoms with Crippen molar-refractivity contribution in [2.45, 2.75) is 19.1 Å². The second kappa shape index (κ2) is 6.58. The molecule has 108 valence electrons. The molecule has 0 saturated carbocycles. The van der Waals surface area contributed by atoms with Gasteiger partial charge in [-0.3, -0.25) is 4.79 Å². The number of aliphatic hydroxyl groups excluding tert-OH is 1. The van der Waals surface area contributed by atoms with E-state index in [0.717, 1.165) is 12.1 Å². The normalized spacial score (nSPS) is 13.9. The lowest BCUT2D eigenvalue weighted by molar-refractivity contribution is -0.131. The number of carboxylic acids is 1. The lowest BCUT2D eigenvalue weighted by Crippen LogP contribution is -2.36. The Balaban J connectivity index is 2.74. The molecular formula is C13H15NO6. The van der Waals surface area contributed by atoms with Crippen molar-refractivity contribution in [3.63, 3.8) is 0 Å². The van der Waals surface area contributed by atoms with Crippen molar-refractivity contribution >= 4 is 11.9 Å². The fourth-order valence-corrected chi connectivity index (χ4v) is 1.55. The van der Waals surface area contributed by atoms with Gasteiger partial charge < -0.3 is 25.7 Å². The summed E-state index contributed by atoms with van der Waals surface area (Å²) in [7, 11) is 0. The maximum absolute atomic E-state index is 11.4. The predicted molar refractivity (Wildman–Crippen MR) is 69.1 cm³/mol. The summed E-state index contributed by atoms with van der Waals surface area (Å²) in [6, 6.07) is 2.91. The predicted octanol–water partition coefficient (Wildman–Crippen LogP) is 0.277. The van der Waals surface area contributed by atoms with Crippen molar-refractivity contribution in [2.75, 3.05) is 0 Å². The maximum atomic E-state index is 11.4. The Morgan fingerprint density at radius 1 is 1.25 bits per heavy atom. The van der Waals surface area contributed by atoms with Crippen molar-refractivity contribution in [2.24, 2.45) is 0 Å². The molecule has 0 bridgehead atoms. The van der Waals surface area contributed by atoms with Crippen LogP contribution in [0.5, 0.6) is 11.5 Å². The number of aromatic hydroxyl groups is 2. The van der Waals surface area contributed by atoms with Gasteiger partial charge >= 0.3 is 5.97 Å². The van der Waals surface area contributed by atoms with Gasteiger partial charge in [-0.2, -0.15) is 0 Å². The van der Waals surface area contributed by atoms with E-state index >= 15 is 0 Å².